The van der Waals surface area contributed by atoms with E-state index < -0.39 is 41.2 Å². The van der Waals surface area contributed by atoms with E-state index in [-0.39, 0.29) is 40.0 Å². The van der Waals surface area contributed by atoms with Gasteiger partial charge >= 0.3 is 5.97 Å². The summed E-state index contributed by atoms with van der Waals surface area (Å²) in [4.78, 5) is 40.4. The minimum atomic E-state index is -1.31. The SMILES string of the molecule is C[C@H](N)C(=O)OC1CCC(NC(=O)[C@@H]2N[C@H](CC(C)(C)C)[C@]3(C(=O)Nc4cc(Cl)ccc43)[C@H]2c2cccc(Cl)c2F)CC1. The van der Waals surface area contributed by atoms with Crippen LogP contribution in [-0.4, -0.2) is 48.1 Å². The molecule has 43 heavy (non-hydrogen) atoms. The number of amides is 2. The van der Waals surface area contributed by atoms with Gasteiger partial charge in [-0.15, -0.1) is 0 Å². The van der Waals surface area contributed by atoms with Crippen LogP contribution in [-0.2, 0) is 24.5 Å². The number of nitrogens with two attached hydrogens (primary N) is 1. The van der Waals surface area contributed by atoms with E-state index in [9.17, 15) is 14.4 Å². The lowest BCUT2D eigenvalue weighted by atomic mass is 9.62. The fourth-order valence-corrected chi connectivity index (χ4v) is 7.39. The molecule has 1 saturated carbocycles. The van der Waals surface area contributed by atoms with Crippen LogP contribution in [0.3, 0.4) is 0 Å². The Hall–Kier alpha value is -2.72. The third kappa shape index (κ3) is 6.01. The summed E-state index contributed by atoms with van der Waals surface area (Å²) in [6.45, 7) is 7.78. The topological polar surface area (TPSA) is 123 Å². The summed E-state index contributed by atoms with van der Waals surface area (Å²) in [7, 11) is 0. The summed E-state index contributed by atoms with van der Waals surface area (Å²) in [6.07, 6.45) is 2.64. The minimum Gasteiger partial charge on any atom is -0.461 e. The molecule has 2 fully saturated rings. The van der Waals surface area contributed by atoms with Crippen LogP contribution in [0.2, 0.25) is 10.0 Å². The van der Waals surface area contributed by atoms with Crippen LogP contribution in [0.25, 0.3) is 0 Å². The fourth-order valence-electron chi connectivity index (χ4n) is 7.04. The zero-order chi connectivity index (χ0) is 31.3. The van der Waals surface area contributed by atoms with Crippen LogP contribution in [0.1, 0.15) is 76.8 Å². The van der Waals surface area contributed by atoms with Crippen molar-refractivity contribution in [2.45, 2.75) is 101 Å². The first kappa shape index (κ1) is 31.7. The van der Waals surface area contributed by atoms with Crippen molar-refractivity contribution in [3.63, 3.8) is 0 Å². The van der Waals surface area contributed by atoms with Crippen LogP contribution in [0.5, 0.6) is 0 Å². The lowest BCUT2D eigenvalue weighted by molar-refractivity contribution is -0.152. The zero-order valence-electron chi connectivity index (χ0n) is 24.8. The predicted octanol–water partition coefficient (Wildman–Crippen LogP) is 5.20. The summed E-state index contributed by atoms with van der Waals surface area (Å²) >= 11 is 12.6. The number of hydrogen-bond donors (Lipinski definition) is 4. The van der Waals surface area contributed by atoms with Crippen molar-refractivity contribution in [3.8, 4) is 0 Å². The minimum absolute atomic E-state index is 0.0829. The van der Waals surface area contributed by atoms with Crippen molar-refractivity contribution in [2.24, 2.45) is 11.1 Å². The number of rotatable bonds is 6. The van der Waals surface area contributed by atoms with Crippen LogP contribution in [0, 0.1) is 11.2 Å². The molecule has 2 aromatic carbocycles. The van der Waals surface area contributed by atoms with Gasteiger partial charge in [-0.3, -0.25) is 14.4 Å². The Kier molecular flexibility index (Phi) is 8.84. The molecule has 8 nitrogen and oxygen atoms in total. The van der Waals surface area contributed by atoms with Gasteiger partial charge in [0.15, 0.2) is 0 Å². The van der Waals surface area contributed by atoms with Gasteiger partial charge in [0.1, 0.15) is 23.4 Å². The maximum absolute atomic E-state index is 15.9. The van der Waals surface area contributed by atoms with Gasteiger partial charge in [-0.05, 0) is 73.8 Å². The Balaban J connectivity index is 1.52. The zero-order valence-corrected chi connectivity index (χ0v) is 26.3. The number of esters is 1. The normalized spacial score (nSPS) is 29.2. The molecule has 2 heterocycles. The molecule has 1 spiro atoms. The van der Waals surface area contributed by atoms with Crippen LogP contribution in [0.4, 0.5) is 10.1 Å². The summed E-state index contributed by atoms with van der Waals surface area (Å²) in [5.41, 5.74) is 5.49. The number of anilines is 1. The Morgan fingerprint density at radius 2 is 1.86 bits per heavy atom. The molecule has 11 heteroatoms. The highest BCUT2D eigenvalue weighted by molar-refractivity contribution is 6.31. The van der Waals surface area contributed by atoms with Crippen molar-refractivity contribution in [2.75, 3.05) is 5.32 Å². The van der Waals surface area contributed by atoms with Crippen molar-refractivity contribution in [3.05, 3.63) is 63.4 Å². The van der Waals surface area contributed by atoms with Crippen LogP contribution >= 0.6 is 23.2 Å². The second kappa shape index (κ2) is 12.0. The lowest BCUT2D eigenvalue weighted by Crippen LogP contribution is -2.50. The maximum atomic E-state index is 15.9. The molecule has 0 bridgehead atoms. The molecule has 5 N–H and O–H groups in total. The highest BCUT2D eigenvalue weighted by Gasteiger charge is 2.66. The number of hydrogen-bond acceptors (Lipinski definition) is 6. The first-order valence-corrected chi connectivity index (χ1v) is 15.6. The average molecular weight is 634 g/mol. The molecule has 5 rings (SSSR count). The highest BCUT2D eigenvalue weighted by Crippen LogP contribution is 2.57. The van der Waals surface area contributed by atoms with Gasteiger partial charge in [0.2, 0.25) is 11.8 Å². The number of ether oxygens (including phenoxy) is 1. The molecule has 232 valence electrons. The Morgan fingerprint density at radius 3 is 2.51 bits per heavy atom. The molecule has 2 amide bonds. The van der Waals surface area contributed by atoms with Crippen molar-refractivity contribution in [1.82, 2.24) is 10.6 Å². The molecule has 0 radical (unpaired) electrons. The largest absolute Gasteiger partial charge is 0.461 e. The monoisotopic (exact) mass is 632 g/mol. The first-order chi connectivity index (χ1) is 20.2. The summed E-state index contributed by atoms with van der Waals surface area (Å²) in [6, 6.07) is 7.57. The maximum Gasteiger partial charge on any atom is 0.322 e. The molecule has 2 aliphatic heterocycles. The molecule has 1 aliphatic carbocycles. The van der Waals surface area contributed by atoms with Gasteiger partial charge in [0, 0.05) is 28.7 Å². The smallest absolute Gasteiger partial charge is 0.322 e. The van der Waals surface area contributed by atoms with E-state index in [2.05, 4.69) is 36.7 Å². The molecule has 1 saturated heterocycles. The molecule has 0 unspecified atom stereocenters. The molecule has 2 aromatic rings. The van der Waals surface area contributed by atoms with E-state index in [1.54, 1.807) is 37.3 Å². The van der Waals surface area contributed by atoms with Gasteiger partial charge in [-0.25, -0.2) is 4.39 Å². The van der Waals surface area contributed by atoms with Crippen LogP contribution < -0.4 is 21.7 Å². The quantitative estimate of drug-likeness (QED) is 0.325. The molecular weight excluding hydrogens is 594 g/mol. The third-order valence-corrected chi connectivity index (χ3v) is 9.42. The van der Waals surface area contributed by atoms with Gasteiger partial charge in [-0.1, -0.05) is 62.2 Å². The van der Waals surface area contributed by atoms with Gasteiger partial charge in [-0.2, -0.15) is 0 Å². The van der Waals surface area contributed by atoms with Gasteiger partial charge in [0.25, 0.3) is 0 Å². The Bertz CT molecular complexity index is 1420. The lowest BCUT2D eigenvalue weighted by Gasteiger charge is -2.38. The van der Waals surface area contributed by atoms with Crippen molar-refractivity contribution < 1.29 is 23.5 Å². The average Bonchev–Trinajstić information content (AvgIpc) is 3.40. The standard InChI is InChI=1S/C32H39Cl2FN4O4/c1-16(36)29(41)43-19-11-9-18(10-12-19)37-28(40)27-25(20-6-5-7-22(34)26(20)35)32(24(39-27)15-31(2,3)4)21-13-8-17(33)14-23(21)38-30(32)42/h5-8,13-14,16,18-19,24-25,27,39H,9-12,15,36H2,1-4H3,(H,37,40)(H,38,42)/t16-,18?,19?,24+,25-,27+,32-/m0/s1. The second-order valence-corrected chi connectivity index (χ2v) is 14.1. The number of fused-ring (bicyclic) bond motifs is 2. The summed E-state index contributed by atoms with van der Waals surface area (Å²) < 4.78 is 21.4. The van der Waals surface area contributed by atoms with Crippen molar-refractivity contribution >= 4 is 46.7 Å². The fraction of sp³-hybridized carbons (Fsp3) is 0.531. The summed E-state index contributed by atoms with van der Waals surface area (Å²) in [5, 5.41) is 10.0. The number of carbonyl (C=O) groups excluding carboxylic acids is 3. The van der Waals surface area contributed by atoms with E-state index in [1.807, 2.05) is 0 Å². The molecule has 3 aliphatic rings. The van der Waals surface area contributed by atoms with E-state index in [4.69, 9.17) is 33.7 Å². The number of carbonyl (C=O) groups is 3. The highest BCUT2D eigenvalue weighted by atomic mass is 35.5. The summed E-state index contributed by atoms with van der Waals surface area (Å²) in [5.74, 6) is -2.66. The molecule has 5 atom stereocenters. The number of nitrogens with one attached hydrogen (secondary N) is 3. The van der Waals surface area contributed by atoms with Crippen LogP contribution in [0.15, 0.2) is 36.4 Å². The van der Waals surface area contributed by atoms with E-state index in [1.165, 1.54) is 6.07 Å². The van der Waals surface area contributed by atoms with E-state index >= 15 is 4.39 Å². The molecular formula is C32H39Cl2FN4O4. The van der Waals surface area contributed by atoms with Crippen molar-refractivity contribution in [1.29, 1.82) is 0 Å². The van der Waals surface area contributed by atoms with E-state index in [0.29, 0.717) is 48.4 Å². The Morgan fingerprint density at radius 1 is 1.16 bits per heavy atom. The first-order valence-electron chi connectivity index (χ1n) is 14.8. The van der Waals surface area contributed by atoms with E-state index in [0.717, 1.165) is 0 Å². The number of benzene rings is 2. The predicted molar refractivity (Wildman–Crippen MR) is 165 cm³/mol. The molecule has 0 aromatic heterocycles. The number of halogens is 3. The third-order valence-electron chi connectivity index (χ3n) is 8.90. The Labute approximate surface area is 261 Å². The van der Waals surface area contributed by atoms with Gasteiger partial charge < -0.3 is 26.4 Å². The van der Waals surface area contributed by atoms with Gasteiger partial charge in [0.05, 0.1) is 11.1 Å². The second-order valence-electron chi connectivity index (χ2n) is 13.3.